The van der Waals surface area contributed by atoms with Gasteiger partial charge in [0.15, 0.2) is 0 Å². The normalized spacial score (nSPS) is 16.8. The molecular formula is C20H24N2O2. The molecule has 1 atom stereocenters. The average molecular weight is 324 g/mol. The van der Waals surface area contributed by atoms with Crippen LogP contribution in [0, 0.1) is 0 Å². The second-order valence-electron chi connectivity index (χ2n) is 6.85. The quantitative estimate of drug-likeness (QED) is 0.671. The third kappa shape index (κ3) is 3.66. The van der Waals surface area contributed by atoms with E-state index in [9.17, 15) is 4.79 Å². The fourth-order valence-corrected chi connectivity index (χ4v) is 3.56. The Labute approximate surface area is 143 Å². The van der Waals surface area contributed by atoms with Crippen LogP contribution in [0.15, 0.2) is 42.5 Å². The number of aryl methyl sites for hydroxylation is 1. The topological polar surface area (TPSA) is 52.6 Å². The van der Waals surface area contributed by atoms with E-state index in [1.165, 1.54) is 22.3 Å². The molecule has 0 spiro atoms. The monoisotopic (exact) mass is 324 g/mol. The van der Waals surface area contributed by atoms with Crippen molar-refractivity contribution in [1.82, 2.24) is 10.4 Å². The Bertz CT molecular complexity index is 740. The molecule has 0 fully saturated rings. The zero-order chi connectivity index (χ0) is 17.1. The number of hydroxylamine groups is 1. The molecule has 24 heavy (non-hydrogen) atoms. The first-order valence-corrected chi connectivity index (χ1v) is 8.36. The van der Waals surface area contributed by atoms with Gasteiger partial charge in [-0.05, 0) is 73.7 Å². The van der Waals surface area contributed by atoms with E-state index in [0.717, 1.165) is 25.8 Å². The van der Waals surface area contributed by atoms with Crippen molar-refractivity contribution in [2.24, 2.45) is 0 Å². The molecule has 3 rings (SSSR count). The number of benzene rings is 2. The Morgan fingerprint density at radius 3 is 2.79 bits per heavy atom. The molecule has 4 heteroatoms. The Hall–Kier alpha value is -2.17. The van der Waals surface area contributed by atoms with Crippen LogP contribution in [0.3, 0.4) is 0 Å². The molecule has 1 aliphatic rings. The van der Waals surface area contributed by atoms with Crippen LogP contribution in [0.25, 0.3) is 0 Å². The van der Waals surface area contributed by atoms with Crippen LogP contribution in [0.1, 0.15) is 45.0 Å². The Morgan fingerprint density at radius 2 is 2.04 bits per heavy atom. The lowest BCUT2D eigenvalue weighted by molar-refractivity contribution is 0.0706. The van der Waals surface area contributed by atoms with Gasteiger partial charge in [-0.25, -0.2) is 5.48 Å². The first kappa shape index (κ1) is 16.7. The summed E-state index contributed by atoms with van der Waals surface area (Å²) in [6.45, 7) is 0.942. The standard InChI is InChI=1S/C20H24N2O2/c1-22(2)13-14-4-3-5-16(10-14)17-8-6-15-7-9-18(20(23)21-24)12-19(15)11-17/h3-5,7,9-10,12,17,24H,6,8,11,13H2,1-2H3,(H,21,23). The lowest BCUT2D eigenvalue weighted by atomic mass is 9.79. The van der Waals surface area contributed by atoms with E-state index in [-0.39, 0.29) is 0 Å². The van der Waals surface area contributed by atoms with E-state index in [1.54, 1.807) is 11.5 Å². The molecular weight excluding hydrogens is 300 g/mol. The van der Waals surface area contributed by atoms with Gasteiger partial charge in [0.2, 0.25) is 0 Å². The average Bonchev–Trinajstić information content (AvgIpc) is 2.59. The Balaban J connectivity index is 1.82. The van der Waals surface area contributed by atoms with Crippen molar-refractivity contribution in [2.75, 3.05) is 14.1 Å². The molecule has 0 bridgehead atoms. The van der Waals surface area contributed by atoms with Gasteiger partial charge >= 0.3 is 0 Å². The smallest absolute Gasteiger partial charge is 0.274 e. The van der Waals surface area contributed by atoms with E-state index in [2.05, 4.69) is 43.3 Å². The molecule has 4 nitrogen and oxygen atoms in total. The zero-order valence-electron chi connectivity index (χ0n) is 14.2. The van der Waals surface area contributed by atoms with Gasteiger partial charge in [0, 0.05) is 12.1 Å². The van der Waals surface area contributed by atoms with Gasteiger partial charge in [0.25, 0.3) is 5.91 Å². The number of carbonyl (C=O) groups is 1. The van der Waals surface area contributed by atoms with Crippen molar-refractivity contribution in [3.63, 3.8) is 0 Å². The molecule has 1 amide bonds. The maximum Gasteiger partial charge on any atom is 0.274 e. The SMILES string of the molecule is CN(C)Cc1cccc(C2CCc3ccc(C(=O)NO)cc3C2)c1. The number of hydrogen-bond acceptors (Lipinski definition) is 3. The summed E-state index contributed by atoms with van der Waals surface area (Å²) in [6, 6.07) is 14.5. The molecule has 0 heterocycles. The van der Waals surface area contributed by atoms with E-state index in [0.29, 0.717) is 11.5 Å². The predicted octanol–water partition coefficient (Wildman–Crippen LogP) is 3.14. The second kappa shape index (κ2) is 7.16. The lowest BCUT2D eigenvalue weighted by Crippen LogP contribution is -2.20. The van der Waals surface area contributed by atoms with Crippen LogP contribution >= 0.6 is 0 Å². The summed E-state index contributed by atoms with van der Waals surface area (Å²) in [5.41, 5.74) is 7.45. The van der Waals surface area contributed by atoms with Crippen molar-refractivity contribution >= 4 is 5.91 Å². The van der Waals surface area contributed by atoms with Crippen LogP contribution in [-0.4, -0.2) is 30.1 Å². The molecule has 1 aliphatic carbocycles. The van der Waals surface area contributed by atoms with E-state index >= 15 is 0 Å². The van der Waals surface area contributed by atoms with Gasteiger partial charge in [-0.15, -0.1) is 0 Å². The number of rotatable bonds is 4. The second-order valence-corrected chi connectivity index (χ2v) is 6.85. The van der Waals surface area contributed by atoms with E-state index in [4.69, 9.17) is 5.21 Å². The summed E-state index contributed by atoms with van der Waals surface area (Å²) in [5.74, 6) is 0.0277. The Morgan fingerprint density at radius 1 is 1.21 bits per heavy atom. The van der Waals surface area contributed by atoms with Gasteiger partial charge in [0.1, 0.15) is 0 Å². The molecule has 2 N–H and O–H groups in total. The summed E-state index contributed by atoms with van der Waals surface area (Å²) in [6.07, 6.45) is 3.09. The van der Waals surface area contributed by atoms with Crippen molar-refractivity contribution < 1.29 is 10.0 Å². The minimum atomic E-state index is -0.451. The highest BCUT2D eigenvalue weighted by molar-refractivity contribution is 5.93. The molecule has 0 aliphatic heterocycles. The maximum atomic E-state index is 11.6. The van der Waals surface area contributed by atoms with Gasteiger partial charge in [-0.2, -0.15) is 0 Å². The summed E-state index contributed by atoms with van der Waals surface area (Å²) >= 11 is 0. The Kier molecular flexibility index (Phi) is 4.97. The van der Waals surface area contributed by atoms with Gasteiger partial charge < -0.3 is 4.90 Å². The highest BCUT2D eigenvalue weighted by atomic mass is 16.5. The number of hydrogen-bond donors (Lipinski definition) is 2. The molecule has 2 aromatic rings. The summed E-state index contributed by atoms with van der Waals surface area (Å²) in [4.78, 5) is 13.8. The van der Waals surface area contributed by atoms with Crippen molar-refractivity contribution in [3.8, 4) is 0 Å². The maximum absolute atomic E-state index is 11.6. The number of nitrogens with zero attached hydrogens (tertiary/aromatic N) is 1. The minimum Gasteiger partial charge on any atom is -0.305 e. The molecule has 126 valence electrons. The third-order valence-corrected chi connectivity index (χ3v) is 4.72. The van der Waals surface area contributed by atoms with Crippen LogP contribution in [0.4, 0.5) is 0 Å². The molecule has 0 aromatic heterocycles. The van der Waals surface area contributed by atoms with Crippen molar-refractivity contribution in [2.45, 2.75) is 31.7 Å². The van der Waals surface area contributed by atoms with Crippen LogP contribution < -0.4 is 5.48 Å². The highest BCUT2D eigenvalue weighted by Gasteiger charge is 2.21. The van der Waals surface area contributed by atoms with Crippen molar-refractivity contribution in [3.05, 3.63) is 70.3 Å². The van der Waals surface area contributed by atoms with E-state index in [1.807, 2.05) is 12.1 Å². The fraction of sp³-hybridized carbons (Fsp3) is 0.350. The lowest BCUT2D eigenvalue weighted by Gasteiger charge is -2.26. The molecule has 0 saturated heterocycles. The number of fused-ring (bicyclic) bond motifs is 1. The number of amides is 1. The van der Waals surface area contributed by atoms with Crippen LogP contribution in [0.2, 0.25) is 0 Å². The van der Waals surface area contributed by atoms with E-state index < -0.39 is 5.91 Å². The molecule has 0 saturated carbocycles. The fourth-order valence-electron chi connectivity index (χ4n) is 3.56. The number of nitrogens with one attached hydrogen (secondary N) is 1. The largest absolute Gasteiger partial charge is 0.305 e. The molecule has 2 aromatic carbocycles. The summed E-state index contributed by atoms with van der Waals surface area (Å²) in [5, 5.41) is 8.82. The summed E-state index contributed by atoms with van der Waals surface area (Å²) in [7, 11) is 4.16. The van der Waals surface area contributed by atoms with Gasteiger partial charge in [-0.1, -0.05) is 30.3 Å². The van der Waals surface area contributed by atoms with Crippen LogP contribution in [-0.2, 0) is 19.4 Å². The zero-order valence-corrected chi connectivity index (χ0v) is 14.2. The van der Waals surface area contributed by atoms with Crippen LogP contribution in [0.5, 0.6) is 0 Å². The van der Waals surface area contributed by atoms with Gasteiger partial charge in [0.05, 0.1) is 0 Å². The van der Waals surface area contributed by atoms with Crippen molar-refractivity contribution in [1.29, 1.82) is 0 Å². The third-order valence-electron chi connectivity index (χ3n) is 4.72. The van der Waals surface area contributed by atoms with Gasteiger partial charge in [-0.3, -0.25) is 10.0 Å². The number of carbonyl (C=O) groups excluding carboxylic acids is 1. The minimum absolute atomic E-state index is 0.451. The molecule has 0 radical (unpaired) electrons. The highest BCUT2D eigenvalue weighted by Crippen LogP contribution is 2.33. The first-order chi connectivity index (χ1) is 11.6. The predicted molar refractivity (Wildman–Crippen MR) is 94.3 cm³/mol. The molecule has 1 unspecified atom stereocenters. The summed E-state index contributed by atoms with van der Waals surface area (Å²) < 4.78 is 0. The first-order valence-electron chi connectivity index (χ1n) is 8.36.